The molecule has 0 aliphatic carbocycles. The van der Waals surface area contributed by atoms with Crippen molar-refractivity contribution in [3.8, 4) is 0 Å². The van der Waals surface area contributed by atoms with Crippen LogP contribution in [0.2, 0.25) is 0 Å². The Bertz CT molecular complexity index is 157. The molecular weight excluding hydrogens is 294 g/mol. The molecule has 0 saturated carbocycles. The van der Waals surface area contributed by atoms with Crippen LogP contribution in [-0.4, -0.2) is 113 Å². The minimum absolute atomic E-state index is 0. The molecule has 0 aliphatic heterocycles. The zero-order chi connectivity index (χ0) is 7.71. The van der Waals surface area contributed by atoms with E-state index in [2.05, 4.69) is 4.31 Å². The summed E-state index contributed by atoms with van der Waals surface area (Å²) in [7, 11) is -11.4. The van der Waals surface area contributed by atoms with E-state index in [4.69, 9.17) is 0 Å². The van der Waals surface area contributed by atoms with E-state index in [9.17, 15) is 28.7 Å². The fraction of sp³-hybridized carbons (Fsp3) is 0. The van der Waals surface area contributed by atoms with Gasteiger partial charge in [-0.1, -0.05) is 0 Å². The van der Waals surface area contributed by atoms with Crippen LogP contribution in [0.1, 0.15) is 0 Å². The summed E-state index contributed by atoms with van der Waals surface area (Å²) < 4.78 is 21.2. The van der Waals surface area contributed by atoms with Gasteiger partial charge in [-0.05, 0) is 0 Å². The van der Waals surface area contributed by atoms with Gasteiger partial charge in [0.15, 0.2) is 0 Å². The number of hydrogen-bond acceptors (Lipinski definition) is 7. The van der Waals surface area contributed by atoms with Gasteiger partial charge in [0.05, 0.1) is 15.6 Å². The van der Waals surface area contributed by atoms with Crippen LogP contribution in [0, 0.1) is 0 Å². The van der Waals surface area contributed by atoms with Gasteiger partial charge in [-0.2, -0.15) is 0 Å². The first-order chi connectivity index (χ1) is 3.71. The summed E-state index contributed by atoms with van der Waals surface area (Å²) in [6, 6.07) is 0. The summed E-state index contributed by atoms with van der Waals surface area (Å²) in [6.45, 7) is 0. The van der Waals surface area contributed by atoms with E-state index in [1.54, 1.807) is 0 Å². The van der Waals surface area contributed by atoms with E-state index in [0.29, 0.717) is 0 Å². The molecule has 0 unspecified atom stereocenters. The van der Waals surface area contributed by atoms with Crippen LogP contribution in [-0.2, 0) is 13.4 Å². The predicted molar refractivity (Wildman–Crippen MR) is 33.6 cm³/mol. The molecule has 0 rings (SSSR count). The van der Waals surface area contributed by atoms with E-state index in [1.807, 2.05) is 0 Å². The van der Waals surface area contributed by atoms with Gasteiger partial charge in [0, 0.05) is 0 Å². The molecule has 0 N–H and O–H groups in total. The van der Waals surface area contributed by atoms with Crippen molar-refractivity contribution < 1.29 is 33.0 Å². The summed E-state index contributed by atoms with van der Waals surface area (Å²) in [4.78, 5) is 37.3. The monoisotopic (exact) mass is 294 g/mol. The van der Waals surface area contributed by atoms with Crippen molar-refractivity contribution in [1.29, 1.82) is 0 Å². The first-order valence-electron chi connectivity index (χ1n) is 1.46. The normalized spacial score (nSPS) is 10.3. The van der Waals surface area contributed by atoms with E-state index >= 15 is 0 Å². The molecule has 0 spiro atoms. The Hall–Kier alpha value is 4.04. The average molecular weight is 294 g/mol. The maximum atomic E-state index is 9.32. The predicted octanol–water partition coefficient (Wildman–Crippen LogP) is -4.48. The molecule has 0 fully saturated rings. The maximum absolute atomic E-state index is 9.32. The van der Waals surface area contributed by atoms with Gasteiger partial charge in [0.25, 0.3) is 0 Å². The van der Waals surface area contributed by atoms with Gasteiger partial charge in [-0.25, -0.2) is 0 Å². The van der Waals surface area contributed by atoms with E-state index in [-0.39, 0.29) is 113 Å². The molecule has 0 radical (unpaired) electrons. The summed E-state index contributed by atoms with van der Waals surface area (Å²) in [5, 5.41) is 0. The second kappa shape index (κ2) is 10.2. The Morgan fingerprint density at radius 2 is 0.917 bits per heavy atom. The molecule has 12 heteroatoms. The van der Waals surface area contributed by atoms with Crippen LogP contribution in [0.25, 0.3) is 0 Å². The standard InChI is InChI=1S/3Ca.H4O7P2/c;;;1-8(2,3)7-9(4,5)6/h;;;(H2,1,2,3)(H2,4,5,6)/q3*+2;/p-4. The van der Waals surface area contributed by atoms with Crippen molar-refractivity contribution in [3.63, 3.8) is 0 Å². The summed E-state index contributed by atoms with van der Waals surface area (Å²) in [5.74, 6) is 0. The van der Waals surface area contributed by atoms with E-state index in [1.165, 1.54) is 0 Å². The first kappa shape index (κ1) is 25.0. The van der Waals surface area contributed by atoms with Crippen LogP contribution in [0.5, 0.6) is 0 Å². The quantitative estimate of drug-likeness (QED) is 0.370. The van der Waals surface area contributed by atoms with Crippen molar-refractivity contribution in [3.05, 3.63) is 0 Å². The molecule has 0 bridgehead atoms. The topological polar surface area (TPSA) is 136 Å². The molecule has 0 heterocycles. The molecule has 12 heavy (non-hydrogen) atoms. The van der Waals surface area contributed by atoms with Gasteiger partial charge >= 0.3 is 113 Å². The van der Waals surface area contributed by atoms with E-state index < -0.39 is 15.6 Å². The molecule has 0 amide bonds. The van der Waals surface area contributed by atoms with Gasteiger partial charge in [-0.3, -0.25) is 0 Å². The van der Waals surface area contributed by atoms with Gasteiger partial charge < -0.3 is 33.0 Å². The Kier molecular flexibility index (Phi) is 21.3. The minimum Gasteiger partial charge on any atom is -0.790 e. The summed E-state index contributed by atoms with van der Waals surface area (Å²) in [6.07, 6.45) is 0. The Labute approximate surface area is 158 Å². The first-order valence-corrected chi connectivity index (χ1v) is 4.38. The zero-order valence-corrected chi connectivity index (χ0v) is 14.3. The molecule has 0 atom stereocenters. The number of rotatable bonds is 2. The smallest absolute Gasteiger partial charge is 0.790 e. The van der Waals surface area contributed by atoms with Crippen molar-refractivity contribution in [2.75, 3.05) is 0 Å². The molecule has 0 saturated heterocycles. The third kappa shape index (κ3) is 23.7. The molecule has 0 aliphatic rings. The molecular formula is Ca3O7P2+2. The third-order valence-electron chi connectivity index (χ3n) is 0.200. The molecule has 7 nitrogen and oxygen atoms in total. The number of hydrogen-bond donors (Lipinski definition) is 0. The van der Waals surface area contributed by atoms with Crippen LogP contribution in [0.15, 0.2) is 0 Å². The second-order valence-corrected chi connectivity index (χ2v) is 3.42. The van der Waals surface area contributed by atoms with Crippen LogP contribution >= 0.6 is 15.6 Å². The van der Waals surface area contributed by atoms with Crippen molar-refractivity contribution in [1.82, 2.24) is 0 Å². The largest absolute Gasteiger partial charge is 2.00 e. The van der Waals surface area contributed by atoms with E-state index in [0.717, 1.165) is 0 Å². The minimum atomic E-state index is -5.68. The molecule has 0 aromatic heterocycles. The fourth-order valence-electron chi connectivity index (χ4n) is 0.122. The van der Waals surface area contributed by atoms with Crippen LogP contribution in [0.3, 0.4) is 0 Å². The molecule has 0 aromatic carbocycles. The molecule has 56 valence electrons. The van der Waals surface area contributed by atoms with Gasteiger partial charge in [0.2, 0.25) is 0 Å². The summed E-state index contributed by atoms with van der Waals surface area (Å²) in [5.41, 5.74) is 0. The van der Waals surface area contributed by atoms with Gasteiger partial charge in [0.1, 0.15) is 0 Å². The average Bonchev–Trinajstić information content (AvgIpc) is 1.14. The zero-order valence-electron chi connectivity index (χ0n) is 5.87. The van der Waals surface area contributed by atoms with Crippen molar-refractivity contribution >= 4 is 129 Å². The Balaban J connectivity index is -0.000000107. The third-order valence-corrected chi connectivity index (χ3v) is 1.80. The maximum Gasteiger partial charge on any atom is 2.00 e. The Morgan fingerprint density at radius 3 is 0.917 bits per heavy atom. The Morgan fingerprint density at radius 1 is 0.750 bits per heavy atom. The van der Waals surface area contributed by atoms with Crippen molar-refractivity contribution in [2.45, 2.75) is 0 Å². The van der Waals surface area contributed by atoms with Crippen LogP contribution < -0.4 is 19.6 Å². The van der Waals surface area contributed by atoms with Crippen LogP contribution in [0.4, 0.5) is 0 Å². The second-order valence-electron chi connectivity index (χ2n) is 0.976. The SMILES string of the molecule is O=P([O-])([O-])OP(=O)([O-])[O-].[Ca+2].[Ca+2].[Ca+2]. The van der Waals surface area contributed by atoms with Gasteiger partial charge in [-0.15, -0.1) is 0 Å². The van der Waals surface area contributed by atoms with Crippen molar-refractivity contribution in [2.24, 2.45) is 0 Å². The fourth-order valence-corrected chi connectivity index (χ4v) is 1.10. The molecule has 0 aromatic rings. The summed E-state index contributed by atoms with van der Waals surface area (Å²) >= 11 is 0. The number of phosphoric acid groups is 2.